The SMILES string of the molecule is CS(=O)(=O)C(F)c1ccc([N+](=O)[O-])c(CBr)c1. The second kappa shape index (κ2) is 5.09. The zero-order valence-electron chi connectivity index (χ0n) is 8.76. The van der Waals surface area contributed by atoms with Gasteiger partial charge < -0.3 is 0 Å². The molecule has 0 spiro atoms. The Morgan fingerprint density at radius 2 is 2.12 bits per heavy atom. The van der Waals surface area contributed by atoms with Crippen LogP contribution in [0, 0.1) is 10.1 Å². The highest BCUT2D eigenvalue weighted by Gasteiger charge is 2.24. The summed E-state index contributed by atoms with van der Waals surface area (Å²) in [7, 11) is -3.87. The summed E-state index contributed by atoms with van der Waals surface area (Å²) < 4.78 is 35.6. The molecule has 0 amide bonds. The van der Waals surface area contributed by atoms with Gasteiger partial charge >= 0.3 is 0 Å². The van der Waals surface area contributed by atoms with E-state index in [1.165, 1.54) is 6.07 Å². The lowest BCUT2D eigenvalue weighted by molar-refractivity contribution is -0.385. The number of halogens is 2. The third-order valence-corrected chi connectivity index (χ3v) is 3.71. The first kappa shape index (κ1) is 14.0. The van der Waals surface area contributed by atoms with Gasteiger partial charge in [-0.1, -0.05) is 15.9 Å². The monoisotopic (exact) mass is 325 g/mol. The summed E-state index contributed by atoms with van der Waals surface area (Å²) in [4.78, 5) is 10.0. The van der Waals surface area contributed by atoms with Gasteiger partial charge in [-0.15, -0.1) is 0 Å². The average molecular weight is 326 g/mol. The highest BCUT2D eigenvalue weighted by molar-refractivity contribution is 9.08. The molecular formula is C9H9BrFNO4S. The fraction of sp³-hybridized carbons (Fsp3) is 0.333. The van der Waals surface area contributed by atoms with E-state index in [1.54, 1.807) is 0 Å². The van der Waals surface area contributed by atoms with E-state index >= 15 is 0 Å². The minimum Gasteiger partial charge on any atom is -0.258 e. The highest BCUT2D eigenvalue weighted by atomic mass is 79.9. The number of nitro groups is 1. The first-order valence-corrected chi connectivity index (χ1v) is 7.51. The van der Waals surface area contributed by atoms with E-state index in [1.807, 2.05) is 0 Å². The zero-order chi connectivity index (χ0) is 13.2. The Morgan fingerprint density at radius 3 is 2.53 bits per heavy atom. The van der Waals surface area contributed by atoms with Crippen LogP contribution in [-0.4, -0.2) is 19.6 Å². The van der Waals surface area contributed by atoms with Crippen LogP contribution >= 0.6 is 15.9 Å². The molecule has 0 aliphatic carbocycles. The van der Waals surface area contributed by atoms with Crippen LogP contribution in [0.3, 0.4) is 0 Å². The van der Waals surface area contributed by atoms with Crippen LogP contribution in [0.25, 0.3) is 0 Å². The molecule has 0 heterocycles. The van der Waals surface area contributed by atoms with Crippen molar-refractivity contribution < 1.29 is 17.7 Å². The molecule has 0 saturated heterocycles. The number of rotatable bonds is 4. The van der Waals surface area contributed by atoms with Crippen molar-refractivity contribution in [2.75, 3.05) is 6.26 Å². The highest BCUT2D eigenvalue weighted by Crippen LogP contribution is 2.29. The number of hydrogen-bond acceptors (Lipinski definition) is 4. The quantitative estimate of drug-likeness (QED) is 0.484. The van der Waals surface area contributed by atoms with Crippen LogP contribution in [0.4, 0.5) is 10.1 Å². The summed E-state index contributed by atoms with van der Waals surface area (Å²) >= 11 is 3.03. The molecular weight excluding hydrogens is 317 g/mol. The molecule has 1 rings (SSSR count). The van der Waals surface area contributed by atoms with E-state index < -0.39 is 20.3 Å². The van der Waals surface area contributed by atoms with Crippen molar-refractivity contribution in [2.24, 2.45) is 0 Å². The second-order valence-electron chi connectivity index (χ2n) is 3.42. The van der Waals surface area contributed by atoms with Crippen LogP contribution in [-0.2, 0) is 15.2 Å². The fourth-order valence-electron chi connectivity index (χ4n) is 1.28. The molecule has 0 aliphatic rings. The van der Waals surface area contributed by atoms with Crippen molar-refractivity contribution in [3.63, 3.8) is 0 Å². The number of alkyl halides is 2. The number of nitro benzene ring substituents is 1. The summed E-state index contributed by atoms with van der Waals surface area (Å²) in [6.45, 7) is 0. The molecule has 0 radical (unpaired) electrons. The van der Waals surface area contributed by atoms with Crippen LogP contribution in [0.15, 0.2) is 18.2 Å². The van der Waals surface area contributed by atoms with Gasteiger partial charge in [0.1, 0.15) is 0 Å². The second-order valence-corrected chi connectivity index (χ2v) is 6.06. The van der Waals surface area contributed by atoms with Gasteiger partial charge in [0, 0.05) is 28.8 Å². The summed E-state index contributed by atoms with van der Waals surface area (Å²) in [6, 6.07) is 3.39. The van der Waals surface area contributed by atoms with Crippen LogP contribution in [0.5, 0.6) is 0 Å². The average Bonchev–Trinajstić information content (AvgIpc) is 2.25. The molecule has 0 saturated carbocycles. The molecule has 1 unspecified atom stereocenters. The lowest BCUT2D eigenvalue weighted by Crippen LogP contribution is -2.07. The molecule has 1 aromatic rings. The van der Waals surface area contributed by atoms with Gasteiger partial charge in [0.15, 0.2) is 9.84 Å². The Hall–Kier alpha value is -1.02. The first-order valence-electron chi connectivity index (χ1n) is 4.43. The van der Waals surface area contributed by atoms with E-state index in [0.29, 0.717) is 0 Å². The molecule has 0 fully saturated rings. The normalized spacial score (nSPS) is 13.4. The third kappa shape index (κ3) is 3.22. The van der Waals surface area contributed by atoms with Crippen molar-refractivity contribution in [3.8, 4) is 0 Å². The molecule has 94 valence electrons. The summed E-state index contributed by atoms with van der Waals surface area (Å²) in [5.74, 6) is 0. The Labute approximate surface area is 106 Å². The predicted molar refractivity (Wildman–Crippen MR) is 64.4 cm³/mol. The number of nitrogens with zero attached hydrogens (tertiary/aromatic N) is 1. The Kier molecular flexibility index (Phi) is 4.21. The number of sulfone groups is 1. The molecule has 1 atom stereocenters. The summed E-state index contributed by atoms with van der Waals surface area (Å²) in [5.41, 5.74) is -2.21. The molecule has 0 aliphatic heterocycles. The molecule has 8 heteroatoms. The smallest absolute Gasteiger partial charge is 0.258 e. The Balaban J connectivity index is 3.28. The van der Waals surface area contributed by atoms with Gasteiger partial charge in [-0.3, -0.25) is 10.1 Å². The van der Waals surface area contributed by atoms with Crippen molar-refractivity contribution in [2.45, 2.75) is 10.8 Å². The summed E-state index contributed by atoms with van der Waals surface area (Å²) in [6.07, 6.45) is 0.771. The molecule has 0 aromatic heterocycles. The topological polar surface area (TPSA) is 77.3 Å². The minimum absolute atomic E-state index is 0.104. The van der Waals surface area contributed by atoms with Crippen LogP contribution in [0.1, 0.15) is 16.6 Å². The van der Waals surface area contributed by atoms with E-state index in [4.69, 9.17) is 0 Å². The van der Waals surface area contributed by atoms with Gasteiger partial charge in [-0.25, -0.2) is 12.8 Å². The molecule has 17 heavy (non-hydrogen) atoms. The Morgan fingerprint density at radius 1 is 1.53 bits per heavy atom. The maximum absolute atomic E-state index is 13.5. The lowest BCUT2D eigenvalue weighted by Gasteiger charge is -2.08. The molecule has 1 aromatic carbocycles. The largest absolute Gasteiger partial charge is 0.273 e. The van der Waals surface area contributed by atoms with Crippen molar-refractivity contribution in [1.29, 1.82) is 0 Å². The summed E-state index contributed by atoms with van der Waals surface area (Å²) in [5, 5.41) is 10.8. The molecule has 5 nitrogen and oxygen atoms in total. The first-order chi connectivity index (χ1) is 7.77. The van der Waals surface area contributed by atoms with E-state index in [9.17, 15) is 22.9 Å². The van der Waals surface area contributed by atoms with Gasteiger partial charge in [0.2, 0.25) is 5.50 Å². The number of hydrogen-bond donors (Lipinski definition) is 0. The van der Waals surface area contributed by atoms with E-state index in [0.717, 1.165) is 18.4 Å². The predicted octanol–water partition coefficient (Wildman–Crippen LogP) is 2.50. The van der Waals surface area contributed by atoms with E-state index in [2.05, 4.69) is 15.9 Å². The fourth-order valence-corrected chi connectivity index (χ4v) is 2.37. The standard InChI is InChI=1S/C9H9BrFNO4S/c1-17(15,16)9(11)6-2-3-8(12(13)14)7(4-6)5-10/h2-4,9H,5H2,1H3. The van der Waals surface area contributed by atoms with Crippen molar-refractivity contribution >= 4 is 31.5 Å². The maximum Gasteiger partial charge on any atom is 0.273 e. The van der Waals surface area contributed by atoms with Gasteiger partial charge in [0.05, 0.1) is 4.92 Å². The van der Waals surface area contributed by atoms with Crippen molar-refractivity contribution in [3.05, 3.63) is 39.4 Å². The minimum atomic E-state index is -3.87. The van der Waals surface area contributed by atoms with E-state index in [-0.39, 0.29) is 22.1 Å². The maximum atomic E-state index is 13.5. The number of benzene rings is 1. The third-order valence-electron chi connectivity index (χ3n) is 2.08. The van der Waals surface area contributed by atoms with Crippen LogP contribution < -0.4 is 0 Å². The molecule has 0 bridgehead atoms. The van der Waals surface area contributed by atoms with Gasteiger partial charge in [-0.05, 0) is 12.1 Å². The van der Waals surface area contributed by atoms with Gasteiger partial charge in [-0.2, -0.15) is 0 Å². The van der Waals surface area contributed by atoms with Crippen molar-refractivity contribution in [1.82, 2.24) is 0 Å². The zero-order valence-corrected chi connectivity index (χ0v) is 11.2. The lowest BCUT2D eigenvalue weighted by atomic mass is 10.1. The Bertz CT molecular complexity index is 546. The van der Waals surface area contributed by atoms with Gasteiger partial charge in [0.25, 0.3) is 5.69 Å². The van der Waals surface area contributed by atoms with Crippen LogP contribution in [0.2, 0.25) is 0 Å². The molecule has 0 N–H and O–H groups in total.